The molecule has 86 valence electrons. The first-order valence-electron chi connectivity index (χ1n) is 4.31. The van der Waals surface area contributed by atoms with Crippen molar-refractivity contribution >= 4 is 23.5 Å². The van der Waals surface area contributed by atoms with Crippen molar-refractivity contribution in [3.63, 3.8) is 0 Å². The number of hydrogen-bond donors (Lipinski definition) is 3. The predicted octanol–water partition coefficient (Wildman–Crippen LogP) is -0.0897. The van der Waals surface area contributed by atoms with Crippen LogP contribution in [0.15, 0.2) is 18.3 Å². The topological polar surface area (TPSA) is 99.5 Å². The molecule has 0 fully saturated rings. The highest BCUT2D eigenvalue weighted by Gasteiger charge is 2.21. The van der Waals surface area contributed by atoms with Gasteiger partial charge >= 0.3 is 5.97 Å². The molecule has 0 saturated carbocycles. The Balaban J connectivity index is 2.80. The quantitative estimate of drug-likeness (QED) is 0.687. The number of amides is 1. The van der Waals surface area contributed by atoms with Crippen LogP contribution in [0.5, 0.6) is 0 Å². The van der Waals surface area contributed by atoms with Crippen LogP contribution in [0, 0.1) is 0 Å². The molecule has 0 aliphatic rings. The van der Waals surface area contributed by atoms with E-state index in [0.29, 0.717) is 0 Å². The molecule has 0 aliphatic carbocycles. The molecule has 1 heterocycles. The van der Waals surface area contributed by atoms with Crippen LogP contribution in [0.3, 0.4) is 0 Å². The molecule has 0 aliphatic heterocycles. The fourth-order valence-electron chi connectivity index (χ4n) is 0.965. The minimum absolute atomic E-state index is 0.0798. The first-order chi connectivity index (χ1) is 7.56. The number of nitrogens with one attached hydrogen (secondary N) is 1. The van der Waals surface area contributed by atoms with Gasteiger partial charge in [-0.1, -0.05) is 11.6 Å². The van der Waals surface area contributed by atoms with E-state index in [1.807, 2.05) is 0 Å². The van der Waals surface area contributed by atoms with Gasteiger partial charge in [-0.25, -0.2) is 9.78 Å². The van der Waals surface area contributed by atoms with Gasteiger partial charge in [-0.2, -0.15) is 0 Å². The Morgan fingerprint density at radius 3 is 2.75 bits per heavy atom. The van der Waals surface area contributed by atoms with Gasteiger partial charge in [0.2, 0.25) is 0 Å². The number of halogens is 1. The van der Waals surface area contributed by atoms with E-state index in [1.54, 1.807) is 6.07 Å². The van der Waals surface area contributed by atoms with E-state index in [1.165, 1.54) is 12.3 Å². The highest BCUT2D eigenvalue weighted by atomic mass is 35.5. The van der Waals surface area contributed by atoms with Crippen molar-refractivity contribution in [2.75, 3.05) is 6.61 Å². The molecule has 0 aromatic carbocycles. The number of aliphatic hydroxyl groups excluding tert-OH is 1. The molecule has 1 rings (SSSR count). The molecule has 7 heteroatoms. The molecule has 16 heavy (non-hydrogen) atoms. The lowest BCUT2D eigenvalue weighted by atomic mass is 10.3. The van der Waals surface area contributed by atoms with Gasteiger partial charge < -0.3 is 15.5 Å². The molecule has 1 atom stereocenters. The maximum Gasteiger partial charge on any atom is 0.328 e. The molecule has 0 spiro atoms. The Hall–Kier alpha value is -1.66. The van der Waals surface area contributed by atoms with Crippen molar-refractivity contribution < 1.29 is 19.8 Å². The van der Waals surface area contributed by atoms with E-state index in [9.17, 15) is 9.59 Å². The zero-order valence-corrected chi connectivity index (χ0v) is 8.81. The first-order valence-corrected chi connectivity index (χ1v) is 4.69. The minimum atomic E-state index is -1.37. The SMILES string of the molecule is O=C(N[C@@H](CO)C(=O)O)c1ncccc1Cl. The van der Waals surface area contributed by atoms with Gasteiger partial charge in [-0.15, -0.1) is 0 Å². The smallest absolute Gasteiger partial charge is 0.328 e. The molecule has 0 saturated heterocycles. The minimum Gasteiger partial charge on any atom is -0.480 e. The molecular formula is C9H9ClN2O4. The van der Waals surface area contributed by atoms with Crippen molar-refractivity contribution in [3.05, 3.63) is 29.0 Å². The van der Waals surface area contributed by atoms with E-state index in [0.717, 1.165) is 0 Å². The van der Waals surface area contributed by atoms with Gasteiger partial charge in [0.05, 0.1) is 11.6 Å². The molecule has 1 aromatic rings. The number of aromatic nitrogens is 1. The molecule has 1 aromatic heterocycles. The van der Waals surface area contributed by atoms with Crippen LogP contribution in [-0.2, 0) is 4.79 Å². The average Bonchev–Trinajstić information content (AvgIpc) is 2.25. The van der Waals surface area contributed by atoms with E-state index >= 15 is 0 Å². The highest BCUT2D eigenvalue weighted by Crippen LogP contribution is 2.11. The number of carbonyl (C=O) groups is 2. The summed E-state index contributed by atoms with van der Waals surface area (Å²) in [6.45, 7) is -0.703. The predicted molar refractivity (Wildman–Crippen MR) is 55.2 cm³/mol. The van der Waals surface area contributed by atoms with Crippen molar-refractivity contribution in [1.82, 2.24) is 10.3 Å². The van der Waals surface area contributed by atoms with E-state index < -0.39 is 24.5 Å². The summed E-state index contributed by atoms with van der Waals surface area (Å²) in [5, 5.41) is 19.5. The van der Waals surface area contributed by atoms with Crippen LogP contribution >= 0.6 is 11.6 Å². The number of rotatable bonds is 4. The van der Waals surface area contributed by atoms with E-state index in [2.05, 4.69) is 10.3 Å². The number of carboxylic acids is 1. The fraction of sp³-hybridized carbons (Fsp3) is 0.222. The molecular weight excluding hydrogens is 236 g/mol. The third kappa shape index (κ3) is 2.91. The number of aliphatic carboxylic acids is 1. The zero-order valence-electron chi connectivity index (χ0n) is 8.05. The van der Waals surface area contributed by atoms with E-state index in [4.69, 9.17) is 21.8 Å². The van der Waals surface area contributed by atoms with Crippen LogP contribution < -0.4 is 5.32 Å². The Morgan fingerprint density at radius 2 is 2.25 bits per heavy atom. The van der Waals surface area contributed by atoms with Gasteiger partial charge in [0, 0.05) is 6.20 Å². The maximum atomic E-state index is 11.5. The summed E-state index contributed by atoms with van der Waals surface area (Å²) in [6, 6.07) is 1.63. The second-order valence-corrected chi connectivity index (χ2v) is 3.29. The third-order valence-electron chi connectivity index (χ3n) is 1.76. The van der Waals surface area contributed by atoms with Crippen LogP contribution in [0.4, 0.5) is 0 Å². The zero-order chi connectivity index (χ0) is 12.1. The summed E-state index contributed by atoms with van der Waals surface area (Å²) < 4.78 is 0. The molecule has 1 amide bonds. The molecule has 6 nitrogen and oxygen atoms in total. The normalized spacial score (nSPS) is 11.9. The molecule has 3 N–H and O–H groups in total. The lowest BCUT2D eigenvalue weighted by Gasteiger charge is -2.11. The summed E-state index contributed by atoms with van der Waals surface area (Å²) in [5.41, 5.74) is -0.0798. The van der Waals surface area contributed by atoms with Crippen molar-refractivity contribution in [3.8, 4) is 0 Å². The lowest BCUT2D eigenvalue weighted by molar-refractivity contribution is -0.140. The lowest BCUT2D eigenvalue weighted by Crippen LogP contribution is -2.43. The third-order valence-corrected chi connectivity index (χ3v) is 2.06. The fourth-order valence-corrected chi connectivity index (χ4v) is 1.17. The number of carboxylic acid groups (broad SMARTS) is 1. The Kier molecular flexibility index (Phi) is 4.21. The largest absolute Gasteiger partial charge is 0.480 e. The van der Waals surface area contributed by atoms with Crippen LogP contribution in [0.1, 0.15) is 10.5 Å². The number of nitrogens with zero attached hydrogens (tertiary/aromatic N) is 1. The molecule has 0 radical (unpaired) electrons. The van der Waals surface area contributed by atoms with E-state index in [-0.39, 0.29) is 10.7 Å². The number of pyridine rings is 1. The second kappa shape index (κ2) is 5.43. The average molecular weight is 245 g/mol. The first kappa shape index (κ1) is 12.4. The number of aliphatic hydroxyl groups is 1. The van der Waals surface area contributed by atoms with Crippen molar-refractivity contribution in [1.29, 1.82) is 0 Å². The molecule has 0 unspecified atom stereocenters. The van der Waals surface area contributed by atoms with Gasteiger partial charge in [-0.3, -0.25) is 4.79 Å². The second-order valence-electron chi connectivity index (χ2n) is 2.88. The summed E-state index contributed by atoms with van der Waals surface area (Å²) in [7, 11) is 0. The van der Waals surface area contributed by atoms with Gasteiger partial charge in [0.1, 0.15) is 5.69 Å². The van der Waals surface area contributed by atoms with Gasteiger partial charge in [0.15, 0.2) is 6.04 Å². The standard InChI is InChI=1S/C9H9ClN2O4/c10-5-2-1-3-11-7(5)8(14)12-6(4-13)9(15)16/h1-3,6,13H,4H2,(H,12,14)(H,15,16)/t6-/m0/s1. The number of carbonyl (C=O) groups excluding carboxylic acids is 1. The Morgan fingerprint density at radius 1 is 1.56 bits per heavy atom. The summed E-state index contributed by atoms with van der Waals surface area (Å²) in [6.07, 6.45) is 1.36. The summed E-state index contributed by atoms with van der Waals surface area (Å²) >= 11 is 5.69. The van der Waals surface area contributed by atoms with Crippen molar-refractivity contribution in [2.24, 2.45) is 0 Å². The number of hydrogen-bond acceptors (Lipinski definition) is 4. The van der Waals surface area contributed by atoms with Crippen LogP contribution in [-0.4, -0.2) is 39.7 Å². The van der Waals surface area contributed by atoms with Crippen LogP contribution in [0.25, 0.3) is 0 Å². The maximum absolute atomic E-state index is 11.5. The monoisotopic (exact) mass is 244 g/mol. The summed E-state index contributed by atoms with van der Waals surface area (Å²) in [5.74, 6) is -2.07. The van der Waals surface area contributed by atoms with Crippen LogP contribution in [0.2, 0.25) is 5.02 Å². The summed E-state index contributed by atoms with van der Waals surface area (Å²) in [4.78, 5) is 25.8. The Bertz CT molecular complexity index is 410. The molecule has 0 bridgehead atoms. The van der Waals surface area contributed by atoms with Gasteiger partial charge in [0.25, 0.3) is 5.91 Å². The highest BCUT2D eigenvalue weighted by molar-refractivity contribution is 6.33. The van der Waals surface area contributed by atoms with Gasteiger partial charge in [-0.05, 0) is 12.1 Å². The van der Waals surface area contributed by atoms with Crippen molar-refractivity contribution in [2.45, 2.75) is 6.04 Å². The Labute approximate surface area is 95.9 Å².